The van der Waals surface area contributed by atoms with Crippen molar-refractivity contribution in [2.24, 2.45) is 0 Å². The predicted molar refractivity (Wildman–Crippen MR) is 113 cm³/mol. The maximum atomic E-state index is 12.6. The highest BCUT2D eigenvalue weighted by atomic mass is 35.5. The van der Waals surface area contributed by atoms with Gasteiger partial charge in [-0.3, -0.25) is 4.79 Å². The van der Waals surface area contributed by atoms with Gasteiger partial charge in [0.05, 0.1) is 34.0 Å². The molecule has 0 aliphatic carbocycles. The van der Waals surface area contributed by atoms with Crippen molar-refractivity contribution >= 4 is 34.4 Å². The summed E-state index contributed by atoms with van der Waals surface area (Å²) in [5.41, 5.74) is 1.74. The number of fused-ring (bicyclic) bond motifs is 1. The Morgan fingerprint density at radius 1 is 0.862 bits per heavy atom. The number of aromatic nitrogens is 1. The zero-order chi connectivity index (χ0) is 21.0. The summed E-state index contributed by atoms with van der Waals surface area (Å²) in [4.78, 5) is 17.0. The van der Waals surface area contributed by atoms with Crippen molar-refractivity contribution in [1.29, 1.82) is 0 Å². The zero-order valence-electron chi connectivity index (χ0n) is 16.5. The van der Waals surface area contributed by atoms with Gasteiger partial charge in [0.25, 0.3) is 0 Å². The molecule has 0 bridgehead atoms. The Morgan fingerprint density at radius 2 is 1.48 bits per heavy atom. The molecule has 0 radical (unpaired) electrons. The Morgan fingerprint density at radius 3 is 2.14 bits per heavy atom. The second kappa shape index (κ2) is 8.84. The summed E-state index contributed by atoms with van der Waals surface area (Å²) in [5, 5.41) is 1.09. The lowest BCUT2D eigenvalue weighted by molar-refractivity contribution is 0.104. The number of methoxy groups -OCH3 is 4. The molecule has 2 aromatic carbocycles. The van der Waals surface area contributed by atoms with E-state index >= 15 is 0 Å². The summed E-state index contributed by atoms with van der Waals surface area (Å²) in [6.07, 6.45) is 3.07. The number of halogens is 1. The molecule has 1 aromatic heterocycles. The third-order valence-corrected chi connectivity index (χ3v) is 4.69. The number of pyridine rings is 1. The van der Waals surface area contributed by atoms with Gasteiger partial charge in [0.15, 0.2) is 28.8 Å². The standard InChI is InChI=1S/C22H20ClNO5/c1-26-18-8-6-13(10-19(18)27-2)17(25)7-5-14-9-15-11-20(28-3)21(29-4)12-16(15)24-22(14)23/h5-12H,1-4H3/b7-5+. The van der Waals surface area contributed by atoms with Gasteiger partial charge >= 0.3 is 0 Å². The first-order chi connectivity index (χ1) is 14.0. The minimum atomic E-state index is -0.200. The highest BCUT2D eigenvalue weighted by molar-refractivity contribution is 6.31. The van der Waals surface area contributed by atoms with Gasteiger partial charge < -0.3 is 18.9 Å². The summed E-state index contributed by atoms with van der Waals surface area (Å²) in [5.74, 6) is 1.99. The lowest BCUT2D eigenvalue weighted by Crippen LogP contribution is -1.97. The number of ketones is 1. The number of rotatable bonds is 7. The topological polar surface area (TPSA) is 66.9 Å². The summed E-state index contributed by atoms with van der Waals surface area (Å²) in [6, 6.07) is 10.4. The van der Waals surface area contributed by atoms with Gasteiger partial charge in [0, 0.05) is 22.6 Å². The van der Waals surface area contributed by atoms with E-state index in [1.54, 1.807) is 51.7 Å². The molecule has 0 unspecified atom stereocenters. The molecule has 29 heavy (non-hydrogen) atoms. The Kier molecular flexibility index (Phi) is 6.24. The highest BCUT2D eigenvalue weighted by Crippen LogP contribution is 2.33. The fraction of sp³-hybridized carbons (Fsp3) is 0.182. The third-order valence-electron chi connectivity index (χ3n) is 4.38. The first kappa shape index (κ1) is 20.5. The Hall–Kier alpha value is -3.25. The molecule has 0 spiro atoms. The molecule has 0 saturated carbocycles. The summed E-state index contributed by atoms with van der Waals surface area (Å²) in [6.45, 7) is 0. The maximum absolute atomic E-state index is 12.6. The van der Waals surface area contributed by atoms with E-state index in [-0.39, 0.29) is 10.9 Å². The monoisotopic (exact) mass is 413 g/mol. The van der Waals surface area contributed by atoms with Gasteiger partial charge in [-0.1, -0.05) is 11.6 Å². The van der Waals surface area contributed by atoms with E-state index in [1.165, 1.54) is 13.2 Å². The molecule has 150 valence electrons. The second-order valence-electron chi connectivity index (χ2n) is 6.04. The highest BCUT2D eigenvalue weighted by Gasteiger charge is 2.11. The molecule has 0 fully saturated rings. The molecule has 3 rings (SSSR count). The lowest BCUT2D eigenvalue weighted by Gasteiger charge is -2.10. The molecule has 1 heterocycles. The molecule has 0 amide bonds. The van der Waals surface area contributed by atoms with Crippen molar-refractivity contribution in [2.45, 2.75) is 0 Å². The maximum Gasteiger partial charge on any atom is 0.185 e. The molecule has 0 saturated heterocycles. The first-order valence-electron chi connectivity index (χ1n) is 8.67. The van der Waals surface area contributed by atoms with Gasteiger partial charge in [-0.15, -0.1) is 0 Å². The van der Waals surface area contributed by atoms with Crippen LogP contribution in [0.4, 0.5) is 0 Å². The number of nitrogens with zero attached hydrogens (tertiary/aromatic N) is 1. The van der Waals surface area contributed by atoms with E-state index in [0.29, 0.717) is 39.6 Å². The average Bonchev–Trinajstić information content (AvgIpc) is 2.75. The summed E-state index contributed by atoms with van der Waals surface area (Å²) in [7, 11) is 6.18. The number of benzene rings is 2. The Labute approximate surface area is 173 Å². The van der Waals surface area contributed by atoms with E-state index < -0.39 is 0 Å². The van der Waals surface area contributed by atoms with Gasteiger partial charge in [-0.05, 0) is 42.5 Å². The molecule has 0 aliphatic rings. The van der Waals surface area contributed by atoms with Gasteiger partial charge in [0.1, 0.15) is 5.15 Å². The van der Waals surface area contributed by atoms with Crippen LogP contribution in [0.2, 0.25) is 5.15 Å². The van der Waals surface area contributed by atoms with E-state index in [4.69, 9.17) is 30.5 Å². The van der Waals surface area contributed by atoms with Crippen LogP contribution >= 0.6 is 11.6 Å². The summed E-state index contributed by atoms with van der Waals surface area (Å²) < 4.78 is 21.1. The van der Waals surface area contributed by atoms with Gasteiger partial charge in [0.2, 0.25) is 0 Å². The number of ether oxygens (including phenoxy) is 4. The van der Waals surface area contributed by atoms with E-state index in [1.807, 2.05) is 12.1 Å². The zero-order valence-corrected chi connectivity index (χ0v) is 17.2. The quantitative estimate of drug-likeness (QED) is 0.314. The molecule has 0 N–H and O–H groups in total. The fourth-order valence-electron chi connectivity index (χ4n) is 2.86. The number of hydrogen-bond acceptors (Lipinski definition) is 6. The Balaban J connectivity index is 1.93. The number of carbonyl (C=O) groups is 1. The van der Waals surface area contributed by atoms with Gasteiger partial charge in [-0.25, -0.2) is 4.98 Å². The minimum absolute atomic E-state index is 0.200. The SMILES string of the molecule is COc1ccc(C(=O)/C=C/c2cc3cc(OC)c(OC)cc3nc2Cl)cc1OC. The molecule has 0 aliphatic heterocycles. The van der Waals surface area contributed by atoms with Crippen LogP contribution in [0.5, 0.6) is 23.0 Å². The van der Waals surface area contributed by atoms with Crippen LogP contribution in [-0.2, 0) is 0 Å². The molecule has 6 nitrogen and oxygen atoms in total. The number of allylic oxidation sites excluding steroid dienone is 1. The van der Waals surface area contributed by atoms with Crippen LogP contribution in [0.3, 0.4) is 0 Å². The van der Waals surface area contributed by atoms with Crippen molar-refractivity contribution < 1.29 is 23.7 Å². The summed E-state index contributed by atoms with van der Waals surface area (Å²) >= 11 is 6.31. The predicted octanol–water partition coefficient (Wildman–Crippen LogP) is 4.82. The van der Waals surface area contributed by atoms with Crippen LogP contribution in [0.15, 0.2) is 42.5 Å². The van der Waals surface area contributed by atoms with Crippen LogP contribution in [0, 0.1) is 0 Å². The molecule has 0 atom stereocenters. The van der Waals surface area contributed by atoms with Crippen LogP contribution in [-0.4, -0.2) is 39.2 Å². The first-order valence-corrected chi connectivity index (χ1v) is 9.05. The van der Waals surface area contributed by atoms with Crippen LogP contribution in [0.1, 0.15) is 15.9 Å². The van der Waals surface area contributed by atoms with Crippen molar-refractivity contribution in [3.8, 4) is 23.0 Å². The molecular weight excluding hydrogens is 394 g/mol. The van der Waals surface area contributed by atoms with Crippen molar-refractivity contribution in [3.63, 3.8) is 0 Å². The largest absolute Gasteiger partial charge is 0.493 e. The Bertz CT molecular complexity index is 1090. The van der Waals surface area contributed by atoms with E-state index in [2.05, 4.69) is 4.98 Å². The van der Waals surface area contributed by atoms with Crippen LogP contribution < -0.4 is 18.9 Å². The number of hydrogen-bond donors (Lipinski definition) is 0. The second-order valence-corrected chi connectivity index (χ2v) is 6.39. The fourth-order valence-corrected chi connectivity index (χ4v) is 3.07. The minimum Gasteiger partial charge on any atom is -0.493 e. The van der Waals surface area contributed by atoms with Crippen molar-refractivity contribution in [2.75, 3.05) is 28.4 Å². The lowest BCUT2D eigenvalue weighted by atomic mass is 10.1. The molecular formula is C22H20ClNO5. The molecule has 7 heteroatoms. The smallest absolute Gasteiger partial charge is 0.185 e. The van der Waals surface area contributed by atoms with Crippen molar-refractivity contribution in [3.05, 3.63) is 58.8 Å². The van der Waals surface area contributed by atoms with Gasteiger partial charge in [-0.2, -0.15) is 0 Å². The van der Waals surface area contributed by atoms with E-state index in [9.17, 15) is 4.79 Å². The average molecular weight is 414 g/mol. The van der Waals surface area contributed by atoms with Crippen LogP contribution in [0.25, 0.3) is 17.0 Å². The normalized spacial score (nSPS) is 10.9. The number of carbonyl (C=O) groups excluding carboxylic acids is 1. The molecule has 3 aromatic rings. The third kappa shape index (κ3) is 4.27. The van der Waals surface area contributed by atoms with Crippen molar-refractivity contribution in [1.82, 2.24) is 4.98 Å². The van der Waals surface area contributed by atoms with E-state index in [0.717, 1.165) is 5.39 Å².